The van der Waals surface area contributed by atoms with Crippen molar-refractivity contribution < 1.29 is 4.74 Å². The maximum Gasteiger partial charge on any atom is 0.164 e. The molecule has 0 aromatic carbocycles. The zero-order valence-electron chi connectivity index (χ0n) is 6.63. The first-order valence-corrected chi connectivity index (χ1v) is 3.57. The topological polar surface area (TPSA) is 33.6 Å². The number of allylic oxidation sites excluding steroid dienone is 2. The van der Waals surface area contributed by atoms with Crippen molar-refractivity contribution in [3.05, 3.63) is 24.2 Å². The van der Waals surface area contributed by atoms with Crippen molar-refractivity contribution in [1.82, 2.24) is 5.32 Å². The molecule has 0 spiro atoms. The summed E-state index contributed by atoms with van der Waals surface area (Å²) in [6, 6.07) is 0. The number of nitrogens with zero attached hydrogens (tertiary/aromatic N) is 1. The normalized spacial score (nSPS) is 17.9. The van der Waals surface area contributed by atoms with Gasteiger partial charge in [0.05, 0.1) is 6.54 Å². The van der Waals surface area contributed by atoms with Gasteiger partial charge in [0.1, 0.15) is 12.4 Å². The Kier molecular flexibility index (Phi) is 2.72. The molecule has 0 radical (unpaired) electrons. The minimum atomic E-state index is 0.721. The SMILES string of the molecule is C=C/C=N\C1=C(C)OCCN1. The molecule has 1 rings (SSSR count). The number of hydrogen-bond acceptors (Lipinski definition) is 3. The number of aliphatic imine (C=N–C) groups is 1. The highest BCUT2D eigenvalue weighted by Gasteiger charge is 2.05. The molecule has 60 valence electrons. The number of hydrogen-bond donors (Lipinski definition) is 1. The monoisotopic (exact) mass is 152 g/mol. The van der Waals surface area contributed by atoms with Crippen LogP contribution in [-0.4, -0.2) is 19.4 Å². The molecular formula is C8H12N2O. The lowest BCUT2D eigenvalue weighted by molar-refractivity contribution is 0.192. The van der Waals surface area contributed by atoms with Gasteiger partial charge < -0.3 is 10.1 Å². The van der Waals surface area contributed by atoms with Crippen molar-refractivity contribution in [3.8, 4) is 0 Å². The van der Waals surface area contributed by atoms with Gasteiger partial charge in [0, 0.05) is 6.21 Å². The van der Waals surface area contributed by atoms with E-state index in [1.54, 1.807) is 12.3 Å². The average molecular weight is 152 g/mol. The van der Waals surface area contributed by atoms with Crippen LogP contribution in [0, 0.1) is 0 Å². The third-order valence-corrected chi connectivity index (χ3v) is 1.36. The maximum atomic E-state index is 5.26. The van der Waals surface area contributed by atoms with Crippen molar-refractivity contribution in [2.24, 2.45) is 4.99 Å². The minimum absolute atomic E-state index is 0.721. The van der Waals surface area contributed by atoms with Crippen molar-refractivity contribution in [3.63, 3.8) is 0 Å². The van der Waals surface area contributed by atoms with Crippen molar-refractivity contribution in [1.29, 1.82) is 0 Å². The minimum Gasteiger partial charge on any atom is -0.493 e. The van der Waals surface area contributed by atoms with Crippen LogP contribution in [0.2, 0.25) is 0 Å². The van der Waals surface area contributed by atoms with Gasteiger partial charge in [-0.3, -0.25) is 0 Å². The molecule has 0 aromatic heterocycles. The third kappa shape index (κ3) is 2.11. The van der Waals surface area contributed by atoms with E-state index in [0.29, 0.717) is 0 Å². The van der Waals surface area contributed by atoms with Crippen LogP contribution in [0.1, 0.15) is 6.92 Å². The lowest BCUT2D eigenvalue weighted by atomic mass is 10.4. The standard InChI is InChI=1S/C8H12N2O/c1-3-4-9-8-7(2)11-6-5-10-8/h3-4,10H,1,5-6H2,2H3/b9-4-. The Bertz CT molecular complexity index is 206. The lowest BCUT2D eigenvalue weighted by Gasteiger charge is -2.17. The molecule has 0 fully saturated rings. The van der Waals surface area contributed by atoms with Crippen LogP contribution in [0.5, 0.6) is 0 Å². The molecule has 0 saturated carbocycles. The summed E-state index contributed by atoms with van der Waals surface area (Å²) >= 11 is 0. The van der Waals surface area contributed by atoms with Crippen LogP contribution >= 0.6 is 0 Å². The summed E-state index contributed by atoms with van der Waals surface area (Å²) < 4.78 is 5.26. The predicted molar refractivity (Wildman–Crippen MR) is 45.3 cm³/mol. The summed E-state index contributed by atoms with van der Waals surface area (Å²) in [6.45, 7) is 6.96. The van der Waals surface area contributed by atoms with Crippen LogP contribution in [0.25, 0.3) is 0 Å². The molecule has 1 N–H and O–H groups in total. The second-order valence-corrected chi connectivity index (χ2v) is 2.19. The van der Waals surface area contributed by atoms with E-state index < -0.39 is 0 Å². The maximum absolute atomic E-state index is 5.26. The fourth-order valence-corrected chi connectivity index (χ4v) is 0.830. The predicted octanol–water partition coefficient (Wildman–Crippen LogP) is 1.05. The van der Waals surface area contributed by atoms with Gasteiger partial charge in [-0.15, -0.1) is 0 Å². The van der Waals surface area contributed by atoms with E-state index in [0.717, 1.165) is 24.7 Å². The molecule has 1 aliphatic heterocycles. The van der Waals surface area contributed by atoms with Gasteiger partial charge in [0.25, 0.3) is 0 Å². The smallest absolute Gasteiger partial charge is 0.164 e. The summed E-state index contributed by atoms with van der Waals surface area (Å²) in [6.07, 6.45) is 3.27. The van der Waals surface area contributed by atoms with Crippen molar-refractivity contribution in [2.45, 2.75) is 6.92 Å². The van der Waals surface area contributed by atoms with E-state index in [-0.39, 0.29) is 0 Å². The molecule has 0 saturated heterocycles. The lowest BCUT2D eigenvalue weighted by Crippen LogP contribution is -2.24. The summed E-state index contributed by atoms with van der Waals surface area (Å²) in [7, 11) is 0. The second-order valence-electron chi connectivity index (χ2n) is 2.19. The van der Waals surface area contributed by atoms with Gasteiger partial charge in [0.2, 0.25) is 0 Å². The molecule has 0 unspecified atom stereocenters. The zero-order valence-corrected chi connectivity index (χ0v) is 6.63. The molecule has 0 bridgehead atoms. The van der Waals surface area contributed by atoms with Crippen LogP contribution in [0.4, 0.5) is 0 Å². The highest BCUT2D eigenvalue weighted by molar-refractivity contribution is 5.71. The Morgan fingerprint density at radius 2 is 2.55 bits per heavy atom. The van der Waals surface area contributed by atoms with Gasteiger partial charge in [0.15, 0.2) is 5.82 Å². The first-order chi connectivity index (χ1) is 5.34. The fraction of sp³-hybridized carbons (Fsp3) is 0.375. The van der Waals surface area contributed by atoms with E-state index in [4.69, 9.17) is 4.74 Å². The first-order valence-electron chi connectivity index (χ1n) is 3.57. The van der Waals surface area contributed by atoms with Crippen LogP contribution < -0.4 is 5.32 Å². The molecule has 0 atom stereocenters. The number of rotatable bonds is 2. The quantitative estimate of drug-likeness (QED) is 0.600. The highest BCUT2D eigenvalue weighted by atomic mass is 16.5. The molecule has 3 heteroatoms. The summed E-state index contributed by atoms with van der Waals surface area (Å²) in [5, 5.41) is 3.11. The fourth-order valence-electron chi connectivity index (χ4n) is 0.830. The number of ether oxygens (including phenoxy) is 1. The summed E-state index contributed by atoms with van der Waals surface area (Å²) in [4.78, 5) is 4.08. The van der Waals surface area contributed by atoms with E-state index in [1.165, 1.54) is 0 Å². The third-order valence-electron chi connectivity index (χ3n) is 1.36. The Balaban J connectivity index is 2.66. The van der Waals surface area contributed by atoms with Gasteiger partial charge in [-0.1, -0.05) is 12.7 Å². The molecule has 1 heterocycles. The summed E-state index contributed by atoms with van der Waals surface area (Å²) in [5.74, 6) is 1.64. The van der Waals surface area contributed by atoms with Gasteiger partial charge in [-0.05, 0) is 6.92 Å². The van der Waals surface area contributed by atoms with Crippen LogP contribution in [-0.2, 0) is 4.74 Å². The number of nitrogens with one attached hydrogen (secondary N) is 1. The van der Waals surface area contributed by atoms with Gasteiger partial charge in [-0.25, -0.2) is 4.99 Å². The highest BCUT2D eigenvalue weighted by Crippen LogP contribution is 2.07. The largest absolute Gasteiger partial charge is 0.493 e. The molecule has 1 aliphatic rings. The Morgan fingerprint density at radius 3 is 3.18 bits per heavy atom. The first kappa shape index (κ1) is 7.85. The van der Waals surface area contributed by atoms with E-state index in [9.17, 15) is 0 Å². The Hall–Kier alpha value is -1.25. The average Bonchev–Trinajstić information content (AvgIpc) is 2.03. The second kappa shape index (κ2) is 3.81. The van der Waals surface area contributed by atoms with Crippen molar-refractivity contribution >= 4 is 6.21 Å². The molecule has 0 aromatic rings. The molecular weight excluding hydrogens is 140 g/mol. The molecule has 0 aliphatic carbocycles. The Labute approximate surface area is 66.5 Å². The molecule has 0 amide bonds. The van der Waals surface area contributed by atoms with Crippen molar-refractivity contribution in [2.75, 3.05) is 13.2 Å². The van der Waals surface area contributed by atoms with Gasteiger partial charge in [-0.2, -0.15) is 0 Å². The van der Waals surface area contributed by atoms with E-state index in [2.05, 4.69) is 16.9 Å². The Morgan fingerprint density at radius 1 is 1.73 bits per heavy atom. The van der Waals surface area contributed by atoms with E-state index in [1.807, 2.05) is 6.92 Å². The van der Waals surface area contributed by atoms with E-state index >= 15 is 0 Å². The molecule has 11 heavy (non-hydrogen) atoms. The zero-order chi connectivity index (χ0) is 8.10. The van der Waals surface area contributed by atoms with Gasteiger partial charge >= 0.3 is 0 Å². The molecule has 3 nitrogen and oxygen atoms in total. The summed E-state index contributed by atoms with van der Waals surface area (Å²) in [5.41, 5.74) is 0. The van der Waals surface area contributed by atoms with Crippen LogP contribution in [0.3, 0.4) is 0 Å². The van der Waals surface area contributed by atoms with Crippen LogP contribution in [0.15, 0.2) is 29.2 Å².